The predicted molar refractivity (Wildman–Crippen MR) is 144 cm³/mol. The van der Waals surface area contributed by atoms with E-state index in [9.17, 15) is 9.59 Å². The highest BCUT2D eigenvalue weighted by Gasteiger charge is 2.16. The van der Waals surface area contributed by atoms with Gasteiger partial charge in [0.05, 0.1) is 17.2 Å². The van der Waals surface area contributed by atoms with Crippen molar-refractivity contribution < 1.29 is 0 Å². The Bertz CT molecular complexity index is 1700. The molecule has 4 aromatic heterocycles. The molecule has 2 aromatic carbocycles. The number of aromatic nitrogens is 4. The number of benzene rings is 2. The lowest BCUT2D eigenvalue weighted by molar-refractivity contribution is 0.897. The van der Waals surface area contributed by atoms with Crippen molar-refractivity contribution in [1.82, 2.24) is 19.9 Å². The summed E-state index contributed by atoms with van der Waals surface area (Å²) in [6.07, 6.45) is 0.193. The molecule has 6 nitrogen and oxygen atoms in total. The molecule has 0 radical (unpaired) electrons. The maximum absolute atomic E-state index is 13.0. The highest BCUT2D eigenvalue weighted by molar-refractivity contribution is 7.17. The maximum atomic E-state index is 13.0. The minimum Gasteiger partial charge on any atom is -0.310 e. The van der Waals surface area contributed by atoms with E-state index < -0.39 is 0 Å². The number of halogens is 2. The molecule has 6 rings (SSSR count). The zero-order valence-electron chi connectivity index (χ0n) is 17.8. The second-order valence-electron chi connectivity index (χ2n) is 7.87. The van der Waals surface area contributed by atoms with E-state index in [1.54, 1.807) is 24.3 Å². The van der Waals surface area contributed by atoms with Gasteiger partial charge in [0.1, 0.15) is 21.3 Å². The Balaban J connectivity index is 1.36. The maximum Gasteiger partial charge on any atom is 0.260 e. The monoisotopic (exact) mass is 536 g/mol. The fraction of sp³-hybridized carbons (Fsp3) is 0.0400. The Morgan fingerprint density at radius 3 is 1.46 bits per heavy atom. The first kappa shape index (κ1) is 22.2. The lowest BCUT2D eigenvalue weighted by Gasteiger charge is -2.04. The second kappa shape index (κ2) is 8.73. The van der Waals surface area contributed by atoms with E-state index in [-0.39, 0.29) is 17.5 Å². The zero-order chi connectivity index (χ0) is 24.1. The normalized spacial score (nSPS) is 11.5. The van der Waals surface area contributed by atoms with Gasteiger partial charge in [0.25, 0.3) is 11.1 Å². The summed E-state index contributed by atoms with van der Waals surface area (Å²) in [5.74, 6) is 0.868. The van der Waals surface area contributed by atoms with Crippen molar-refractivity contribution in [1.29, 1.82) is 0 Å². The van der Waals surface area contributed by atoms with Gasteiger partial charge in [0.2, 0.25) is 0 Å². The molecule has 0 bridgehead atoms. The van der Waals surface area contributed by atoms with Crippen LogP contribution in [-0.2, 0) is 6.42 Å². The molecule has 0 aliphatic heterocycles. The standard InChI is InChI=1S/C25H14Cl2N4O2S2/c26-14-5-1-12(2-6-14)16-10-34-24-20(16)22(32)28-18(30-24)9-19-29-23(33)21-17(11-35-25(21)31-19)13-3-7-15(27)8-4-13/h1-8,10-11H,9H2,(H,28,30,32)(H,29,31,33). The Hall–Kier alpha value is -3.30. The fourth-order valence-corrected chi connectivity index (χ4v) is 6.18. The molecule has 4 heterocycles. The average Bonchev–Trinajstić information content (AvgIpc) is 3.45. The minimum atomic E-state index is -0.235. The van der Waals surface area contributed by atoms with Gasteiger partial charge in [-0.1, -0.05) is 47.5 Å². The molecule has 0 atom stereocenters. The molecule has 0 spiro atoms. The van der Waals surface area contributed by atoms with Crippen molar-refractivity contribution in [2.24, 2.45) is 0 Å². The third kappa shape index (κ3) is 4.08. The molecule has 0 saturated heterocycles. The third-order valence-corrected chi connectivity index (χ3v) is 7.88. The van der Waals surface area contributed by atoms with Crippen LogP contribution in [0.15, 0.2) is 68.9 Å². The molecule has 0 aliphatic carbocycles. The SMILES string of the molecule is O=c1[nH]c(Cc2nc3scc(-c4ccc(Cl)cc4)c3c(=O)[nH]2)nc2scc(-c3ccc(Cl)cc3)c12. The van der Waals surface area contributed by atoms with Crippen molar-refractivity contribution >= 4 is 66.3 Å². The van der Waals surface area contributed by atoms with Crippen molar-refractivity contribution in [2.45, 2.75) is 6.42 Å². The number of thiophene rings is 2. The van der Waals surface area contributed by atoms with Crippen molar-refractivity contribution in [3.8, 4) is 22.3 Å². The molecular weight excluding hydrogens is 523 g/mol. The van der Waals surface area contributed by atoms with Gasteiger partial charge in [-0.2, -0.15) is 0 Å². The summed E-state index contributed by atoms with van der Waals surface area (Å²) in [5, 5.41) is 6.15. The molecule has 6 aromatic rings. The van der Waals surface area contributed by atoms with Crippen molar-refractivity contribution in [3.05, 3.63) is 102 Å². The summed E-state index contributed by atoms with van der Waals surface area (Å²) in [4.78, 5) is 42.1. The first-order chi connectivity index (χ1) is 17.0. The van der Waals surface area contributed by atoms with Crippen LogP contribution in [0.4, 0.5) is 0 Å². The summed E-state index contributed by atoms with van der Waals surface area (Å²) in [6.45, 7) is 0. The molecule has 35 heavy (non-hydrogen) atoms. The van der Waals surface area contributed by atoms with E-state index in [4.69, 9.17) is 23.2 Å². The lowest BCUT2D eigenvalue weighted by Crippen LogP contribution is -2.15. The van der Waals surface area contributed by atoms with E-state index in [2.05, 4.69) is 19.9 Å². The van der Waals surface area contributed by atoms with Crippen molar-refractivity contribution in [2.75, 3.05) is 0 Å². The van der Waals surface area contributed by atoms with E-state index in [0.29, 0.717) is 42.1 Å². The smallest absolute Gasteiger partial charge is 0.260 e. The van der Waals surface area contributed by atoms with Crippen LogP contribution in [0.3, 0.4) is 0 Å². The van der Waals surface area contributed by atoms with Crippen LogP contribution in [0.25, 0.3) is 42.7 Å². The molecule has 10 heteroatoms. The van der Waals surface area contributed by atoms with Gasteiger partial charge in [-0.15, -0.1) is 22.7 Å². The van der Waals surface area contributed by atoms with Crippen LogP contribution in [0, 0.1) is 0 Å². The quantitative estimate of drug-likeness (QED) is 0.268. The van der Waals surface area contributed by atoms with Crippen LogP contribution in [0.2, 0.25) is 10.0 Å². The average molecular weight is 537 g/mol. The number of hydrogen-bond acceptors (Lipinski definition) is 6. The molecule has 2 N–H and O–H groups in total. The highest BCUT2D eigenvalue weighted by Crippen LogP contribution is 2.33. The van der Waals surface area contributed by atoms with Crippen LogP contribution < -0.4 is 11.1 Å². The molecule has 0 unspecified atom stereocenters. The molecule has 172 valence electrons. The van der Waals surface area contributed by atoms with Crippen LogP contribution >= 0.6 is 45.9 Å². The highest BCUT2D eigenvalue weighted by atomic mass is 35.5. The number of nitrogens with zero attached hydrogens (tertiary/aromatic N) is 2. The van der Waals surface area contributed by atoms with Gasteiger partial charge >= 0.3 is 0 Å². The van der Waals surface area contributed by atoms with E-state index in [0.717, 1.165) is 22.3 Å². The summed E-state index contributed by atoms with van der Waals surface area (Å²) < 4.78 is 0. The van der Waals surface area contributed by atoms with Gasteiger partial charge in [-0.25, -0.2) is 9.97 Å². The molecule has 0 fully saturated rings. The molecular formula is C25H14Cl2N4O2S2. The van der Waals surface area contributed by atoms with Crippen LogP contribution in [0.5, 0.6) is 0 Å². The van der Waals surface area contributed by atoms with E-state index in [1.165, 1.54) is 22.7 Å². The largest absolute Gasteiger partial charge is 0.310 e. The number of aromatic amines is 2. The molecule has 0 aliphatic rings. The second-order valence-corrected chi connectivity index (χ2v) is 10.5. The summed E-state index contributed by atoms with van der Waals surface area (Å²) in [6, 6.07) is 14.7. The van der Waals surface area contributed by atoms with Gasteiger partial charge in [-0.05, 0) is 35.4 Å². The van der Waals surface area contributed by atoms with Gasteiger partial charge in [-0.3, -0.25) is 9.59 Å². The number of hydrogen-bond donors (Lipinski definition) is 2. The number of H-pyrrole nitrogens is 2. The van der Waals surface area contributed by atoms with Crippen LogP contribution in [-0.4, -0.2) is 19.9 Å². The topological polar surface area (TPSA) is 91.5 Å². The van der Waals surface area contributed by atoms with Crippen LogP contribution in [0.1, 0.15) is 11.6 Å². The number of nitrogens with one attached hydrogen (secondary N) is 2. The first-order valence-electron chi connectivity index (χ1n) is 10.5. The number of rotatable bonds is 4. The Morgan fingerprint density at radius 2 is 1.06 bits per heavy atom. The minimum absolute atomic E-state index is 0.193. The Labute approximate surface area is 215 Å². The lowest BCUT2D eigenvalue weighted by atomic mass is 10.1. The Kier molecular flexibility index (Phi) is 5.53. The predicted octanol–water partition coefficient (Wildman–Crippen LogP) is 6.51. The third-order valence-electron chi connectivity index (χ3n) is 5.63. The summed E-state index contributed by atoms with van der Waals surface area (Å²) >= 11 is 14.8. The first-order valence-corrected chi connectivity index (χ1v) is 13.0. The molecule has 0 saturated carbocycles. The summed E-state index contributed by atoms with van der Waals surface area (Å²) in [5.41, 5.74) is 2.94. The van der Waals surface area contributed by atoms with E-state index in [1.807, 2.05) is 35.0 Å². The van der Waals surface area contributed by atoms with Gasteiger partial charge in [0, 0.05) is 31.9 Å². The van der Waals surface area contributed by atoms with Crippen molar-refractivity contribution in [3.63, 3.8) is 0 Å². The van der Waals surface area contributed by atoms with Gasteiger partial charge < -0.3 is 9.97 Å². The van der Waals surface area contributed by atoms with E-state index >= 15 is 0 Å². The molecule has 0 amide bonds. The van der Waals surface area contributed by atoms with Gasteiger partial charge in [0.15, 0.2) is 0 Å². The fourth-order valence-electron chi connectivity index (χ4n) is 4.00. The number of fused-ring (bicyclic) bond motifs is 2. The summed E-state index contributed by atoms with van der Waals surface area (Å²) in [7, 11) is 0. The zero-order valence-corrected chi connectivity index (χ0v) is 20.9. The Morgan fingerprint density at radius 1 is 0.657 bits per heavy atom.